The molecule has 1 aliphatic heterocycles. The summed E-state index contributed by atoms with van der Waals surface area (Å²) in [7, 11) is 6.55. The Bertz CT molecular complexity index is 471. The molecule has 1 aromatic rings. The minimum atomic E-state index is 0.476. The first-order valence-electron chi connectivity index (χ1n) is 8.36. The maximum absolute atomic E-state index is 3.62. The molecule has 116 valence electrons. The molecule has 0 aromatic heterocycles. The molecule has 0 bridgehead atoms. The molecule has 3 rings (SSSR count). The predicted molar refractivity (Wildman–Crippen MR) is 88.6 cm³/mol. The van der Waals surface area contributed by atoms with Crippen LogP contribution in [-0.4, -0.2) is 56.1 Å². The Balaban J connectivity index is 1.82. The second-order valence-corrected chi connectivity index (χ2v) is 6.83. The largest absolute Gasteiger partial charge is 0.312 e. The van der Waals surface area contributed by atoms with Crippen molar-refractivity contribution in [3.05, 3.63) is 35.4 Å². The number of nitrogens with zero attached hydrogens (tertiary/aromatic N) is 2. The number of likely N-dealkylation sites (N-methyl/N-ethyl adjacent to an activating group) is 2. The van der Waals surface area contributed by atoms with Gasteiger partial charge in [-0.25, -0.2) is 0 Å². The lowest BCUT2D eigenvalue weighted by atomic mass is 9.95. The van der Waals surface area contributed by atoms with E-state index in [1.807, 2.05) is 0 Å². The molecule has 0 amide bonds. The van der Waals surface area contributed by atoms with Crippen LogP contribution in [0.1, 0.15) is 36.4 Å². The maximum atomic E-state index is 3.62. The van der Waals surface area contributed by atoms with Gasteiger partial charge in [-0.2, -0.15) is 0 Å². The number of likely N-dealkylation sites (tertiary alicyclic amines) is 1. The highest BCUT2D eigenvalue weighted by Crippen LogP contribution is 2.33. The molecule has 3 heteroatoms. The molecule has 3 nitrogen and oxygen atoms in total. The van der Waals surface area contributed by atoms with Crippen molar-refractivity contribution in [3.63, 3.8) is 0 Å². The highest BCUT2D eigenvalue weighted by atomic mass is 15.3. The van der Waals surface area contributed by atoms with Gasteiger partial charge in [-0.05, 0) is 58.0 Å². The Labute approximate surface area is 129 Å². The summed E-state index contributed by atoms with van der Waals surface area (Å²) in [5, 5.41) is 3.62. The first-order valence-corrected chi connectivity index (χ1v) is 8.36. The lowest BCUT2D eigenvalue weighted by Gasteiger charge is -2.34. The van der Waals surface area contributed by atoms with Crippen molar-refractivity contribution in [2.24, 2.45) is 0 Å². The van der Waals surface area contributed by atoms with Gasteiger partial charge in [-0.3, -0.25) is 4.90 Å². The monoisotopic (exact) mass is 287 g/mol. The van der Waals surface area contributed by atoms with Crippen molar-refractivity contribution in [3.8, 4) is 0 Å². The molecular formula is C18H29N3. The van der Waals surface area contributed by atoms with Crippen LogP contribution in [0.25, 0.3) is 0 Å². The molecule has 1 fully saturated rings. The van der Waals surface area contributed by atoms with Gasteiger partial charge in [-0.1, -0.05) is 24.3 Å². The zero-order valence-electron chi connectivity index (χ0n) is 13.7. The summed E-state index contributed by atoms with van der Waals surface area (Å²) < 4.78 is 0. The topological polar surface area (TPSA) is 18.5 Å². The van der Waals surface area contributed by atoms with Crippen LogP contribution in [0.2, 0.25) is 0 Å². The Morgan fingerprint density at radius 2 is 2.00 bits per heavy atom. The van der Waals surface area contributed by atoms with E-state index in [-0.39, 0.29) is 0 Å². The number of fused-ring (bicyclic) bond motifs is 1. The van der Waals surface area contributed by atoms with Crippen LogP contribution in [0.15, 0.2) is 24.3 Å². The van der Waals surface area contributed by atoms with Crippen molar-refractivity contribution in [1.29, 1.82) is 0 Å². The molecule has 1 aliphatic carbocycles. The smallest absolute Gasteiger partial charge is 0.0478 e. The summed E-state index contributed by atoms with van der Waals surface area (Å²) in [6.07, 6.45) is 5.15. The molecule has 0 radical (unpaired) electrons. The Kier molecular flexibility index (Phi) is 4.63. The minimum Gasteiger partial charge on any atom is -0.312 e. The molecular weight excluding hydrogens is 258 g/mol. The van der Waals surface area contributed by atoms with E-state index in [1.165, 1.54) is 44.3 Å². The van der Waals surface area contributed by atoms with Gasteiger partial charge >= 0.3 is 0 Å². The van der Waals surface area contributed by atoms with Gasteiger partial charge in [0.15, 0.2) is 0 Å². The van der Waals surface area contributed by atoms with Crippen LogP contribution in [0.3, 0.4) is 0 Å². The zero-order valence-corrected chi connectivity index (χ0v) is 13.7. The third kappa shape index (κ3) is 3.01. The van der Waals surface area contributed by atoms with Crippen molar-refractivity contribution >= 4 is 0 Å². The summed E-state index contributed by atoms with van der Waals surface area (Å²) in [6, 6.07) is 10.9. The van der Waals surface area contributed by atoms with E-state index < -0.39 is 0 Å². The number of aryl methyl sites for hydroxylation is 1. The van der Waals surface area contributed by atoms with E-state index in [0.717, 1.165) is 6.04 Å². The first kappa shape index (κ1) is 15.0. The fourth-order valence-electron chi connectivity index (χ4n) is 4.17. The predicted octanol–water partition coefficient (Wildman–Crippen LogP) is 2.29. The van der Waals surface area contributed by atoms with Crippen LogP contribution in [0, 0.1) is 0 Å². The van der Waals surface area contributed by atoms with E-state index in [0.29, 0.717) is 12.1 Å². The van der Waals surface area contributed by atoms with Crippen molar-refractivity contribution in [2.75, 3.05) is 34.2 Å². The fraction of sp³-hybridized carbons (Fsp3) is 0.667. The highest BCUT2D eigenvalue weighted by Gasteiger charge is 2.35. The van der Waals surface area contributed by atoms with E-state index in [4.69, 9.17) is 0 Å². The summed E-state index contributed by atoms with van der Waals surface area (Å²) in [5.41, 5.74) is 3.07. The number of benzene rings is 1. The number of hydrogen-bond donors (Lipinski definition) is 1. The number of nitrogens with one attached hydrogen (secondary N) is 1. The van der Waals surface area contributed by atoms with Crippen molar-refractivity contribution in [2.45, 2.75) is 43.8 Å². The van der Waals surface area contributed by atoms with E-state index in [9.17, 15) is 0 Å². The van der Waals surface area contributed by atoms with Gasteiger partial charge in [0.1, 0.15) is 0 Å². The minimum absolute atomic E-state index is 0.476. The maximum Gasteiger partial charge on any atom is 0.0478 e. The normalized spacial score (nSPS) is 30.4. The van der Waals surface area contributed by atoms with Gasteiger partial charge in [-0.15, -0.1) is 0 Å². The van der Waals surface area contributed by atoms with E-state index in [2.05, 4.69) is 60.5 Å². The van der Waals surface area contributed by atoms with Crippen molar-refractivity contribution in [1.82, 2.24) is 15.1 Å². The van der Waals surface area contributed by atoms with Gasteiger partial charge in [0, 0.05) is 31.2 Å². The van der Waals surface area contributed by atoms with Gasteiger partial charge in [0.25, 0.3) is 0 Å². The van der Waals surface area contributed by atoms with Gasteiger partial charge in [0.2, 0.25) is 0 Å². The van der Waals surface area contributed by atoms with E-state index in [1.54, 1.807) is 5.56 Å². The average molecular weight is 287 g/mol. The highest BCUT2D eigenvalue weighted by molar-refractivity contribution is 5.32. The second kappa shape index (κ2) is 6.47. The number of rotatable bonds is 3. The molecule has 1 N–H and O–H groups in total. The summed E-state index contributed by atoms with van der Waals surface area (Å²) in [6.45, 7) is 2.46. The van der Waals surface area contributed by atoms with Gasteiger partial charge < -0.3 is 10.2 Å². The van der Waals surface area contributed by atoms with Crippen LogP contribution in [-0.2, 0) is 6.42 Å². The Hall–Kier alpha value is -0.900. The third-order valence-corrected chi connectivity index (χ3v) is 5.43. The summed E-state index contributed by atoms with van der Waals surface area (Å²) >= 11 is 0. The molecule has 1 saturated heterocycles. The van der Waals surface area contributed by atoms with Crippen LogP contribution in [0.5, 0.6) is 0 Å². The lowest BCUT2D eigenvalue weighted by molar-refractivity contribution is 0.171. The SMILES string of the molecule is CNC1c2ccccc2CCCC1N1CCC(N(C)C)C1. The standard InChI is InChI=1S/C18H29N3/c1-19-18-16-9-5-4-7-14(16)8-6-10-17(18)21-12-11-15(13-21)20(2)3/h4-5,7,9,15,17-19H,6,8,10-13H2,1-3H3. The fourth-order valence-corrected chi connectivity index (χ4v) is 4.17. The average Bonchev–Trinajstić information content (AvgIpc) is 2.90. The molecule has 3 atom stereocenters. The lowest BCUT2D eigenvalue weighted by Crippen LogP contribution is -2.44. The second-order valence-electron chi connectivity index (χ2n) is 6.83. The number of hydrogen-bond acceptors (Lipinski definition) is 3. The quantitative estimate of drug-likeness (QED) is 0.861. The molecule has 3 unspecified atom stereocenters. The third-order valence-electron chi connectivity index (χ3n) is 5.43. The van der Waals surface area contributed by atoms with Gasteiger partial charge in [0.05, 0.1) is 0 Å². The molecule has 0 saturated carbocycles. The summed E-state index contributed by atoms with van der Waals surface area (Å²) in [5.74, 6) is 0. The van der Waals surface area contributed by atoms with Crippen LogP contribution >= 0.6 is 0 Å². The van der Waals surface area contributed by atoms with Crippen molar-refractivity contribution < 1.29 is 0 Å². The molecule has 0 spiro atoms. The first-order chi connectivity index (χ1) is 10.2. The molecule has 1 aromatic carbocycles. The van der Waals surface area contributed by atoms with Crippen LogP contribution < -0.4 is 5.32 Å². The Morgan fingerprint density at radius 1 is 1.19 bits per heavy atom. The summed E-state index contributed by atoms with van der Waals surface area (Å²) in [4.78, 5) is 5.12. The van der Waals surface area contributed by atoms with Crippen LogP contribution in [0.4, 0.5) is 0 Å². The Morgan fingerprint density at radius 3 is 2.71 bits per heavy atom. The zero-order chi connectivity index (χ0) is 14.8. The molecule has 2 aliphatic rings. The van der Waals surface area contributed by atoms with E-state index >= 15 is 0 Å². The molecule has 21 heavy (non-hydrogen) atoms. The molecule has 1 heterocycles.